The van der Waals surface area contributed by atoms with Gasteiger partial charge in [0.05, 0.1) is 6.54 Å². The maximum Gasteiger partial charge on any atom is 0.247 e. The molecular formula is C20H20N2O2. The highest BCUT2D eigenvalue weighted by Crippen LogP contribution is 2.30. The van der Waals surface area contributed by atoms with E-state index in [0.29, 0.717) is 13.1 Å². The van der Waals surface area contributed by atoms with Crippen LogP contribution in [-0.4, -0.2) is 35.0 Å². The molecule has 2 aromatic carbocycles. The molecular weight excluding hydrogens is 300 g/mol. The van der Waals surface area contributed by atoms with Crippen LogP contribution in [0.1, 0.15) is 16.7 Å². The molecule has 2 aliphatic rings. The number of carbonyl (C=O) groups excluding carboxylic acids is 1. The Morgan fingerprint density at radius 1 is 1.04 bits per heavy atom. The van der Waals surface area contributed by atoms with Crippen LogP contribution < -0.4 is 0 Å². The number of piperazine rings is 1. The summed E-state index contributed by atoms with van der Waals surface area (Å²) in [5.74, 6) is 0.877. The van der Waals surface area contributed by atoms with Crippen LogP contribution in [0, 0.1) is 6.92 Å². The van der Waals surface area contributed by atoms with Crippen molar-refractivity contribution >= 4 is 11.7 Å². The molecule has 2 aliphatic heterocycles. The van der Waals surface area contributed by atoms with Crippen molar-refractivity contribution in [3.63, 3.8) is 0 Å². The van der Waals surface area contributed by atoms with E-state index in [-0.39, 0.29) is 11.9 Å². The summed E-state index contributed by atoms with van der Waals surface area (Å²) >= 11 is 0. The molecule has 1 atom stereocenters. The number of rotatable bonds is 3. The van der Waals surface area contributed by atoms with Gasteiger partial charge in [0.2, 0.25) is 5.91 Å². The number of hydrogen-bond donors (Lipinski definition) is 0. The summed E-state index contributed by atoms with van der Waals surface area (Å²) in [6.45, 7) is 4.11. The summed E-state index contributed by atoms with van der Waals surface area (Å²) in [4.78, 5) is 20.6. The molecule has 4 nitrogen and oxygen atoms in total. The summed E-state index contributed by atoms with van der Waals surface area (Å²) in [6, 6.07) is 18.0. The van der Waals surface area contributed by atoms with Gasteiger partial charge in [-0.25, -0.2) is 0 Å². The van der Waals surface area contributed by atoms with Crippen LogP contribution in [0.4, 0.5) is 0 Å². The largest absolute Gasteiger partial charge is 0.404 e. The number of benzene rings is 2. The standard InChI is InChI=1S/C20H20N2O2/c1-15-7-9-17(10-8-15)19-13-18-20(23)21(11-12-22(18)24-19)14-16-5-3-2-4-6-16/h2-10,13,18H,11-12,14H2,1H3. The van der Waals surface area contributed by atoms with Gasteiger partial charge in [-0.15, -0.1) is 5.06 Å². The first-order valence-electron chi connectivity index (χ1n) is 8.27. The second-order valence-electron chi connectivity index (χ2n) is 6.32. The second-order valence-corrected chi connectivity index (χ2v) is 6.32. The molecule has 1 amide bonds. The highest BCUT2D eigenvalue weighted by atomic mass is 16.7. The fourth-order valence-corrected chi connectivity index (χ4v) is 3.16. The maximum absolute atomic E-state index is 12.8. The number of fused-ring (bicyclic) bond motifs is 1. The predicted octanol–water partition coefficient (Wildman–Crippen LogP) is 2.99. The van der Waals surface area contributed by atoms with E-state index in [1.807, 2.05) is 41.3 Å². The second kappa shape index (κ2) is 6.13. The molecule has 1 fully saturated rings. The van der Waals surface area contributed by atoms with Gasteiger partial charge in [-0.2, -0.15) is 0 Å². The van der Waals surface area contributed by atoms with E-state index in [4.69, 9.17) is 4.84 Å². The van der Waals surface area contributed by atoms with Crippen molar-refractivity contribution in [3.05, 3.63) is 77.4 Å². The summed E-state index contributed by atoms with van der Waals surface area (Å²) < 4.78 is 0. The van der Waals surface area contributed by atoms with Crippen LogP contribution in [0.3, 0.4) is 0 Å². The van der Waals surface area contributed by atoms with Crippen molar-refractivity contribution in [2.75, 3.05) is 13.1 Å². The topological polar surface area (TPSA) is 32.8 Å². The van der Waals surface area contributed by atoms with Crippen molar-refractivity contribution in [2.45, 2.75) is 19.5 Å². The van der Waals surface area contributed by atoms with Crippen LogP contribution in [0.2, 0.25) is 0 Å². The summed E-state index contributed by atoms with van der Waals surface area (Å²) in [5, 5.41) is 1.79. The van der Waals surface area contributed by atoms with Gasteiger partial charge in [-0.3, -0.25) is 4.79 Å². The van der Waals surface area contributed by atoms with Crippen LogP contribution in [-0.2, 0) is 16.2 Å². The Bertz CT molecular complexity index is 768. The Kier molecular flexibility index (Phi) is 3.82. The lowest BCUT2D eigenvalue weighted by Gasteiger charge is -2.35. The molecule has 0 radical (unpaired) electrons. The SMILES string of the molecule is Cc1ccc(C2=CC3C(=O)N(Cc4ccccc4)CCN3O2)cc1. The lowest BCUT2D eigenvalue weighted by molar-refractivity contribution is -0.163. The first kappa shape index (κ1) is 15.0. The lowest BCUT2D eigenvalue weighted by Crippen LogP contribution is -2.53. The molecule has 0 bridgehead atoms. The number of nitrogens with zero attached hydrogens (tertiary/aromatic N) is 2. The first-order chi connectivity index (χ1) is 11.7. The number of carbonyl (C=O) groups is 1. The zero-order chi connectivity index (χ0) is 16.5. The van der Waals surface area contributed by atoms with E-state index in [9.17, 15) is 4.79 Å². The average molecular weight is 320 g/mol. The third-order valence-electron chi connectivity index (χ3n) is 4.54. The lowest BCUT2D eigenvalue weighted by atomic mass is 10.1. The molecule has 1 unspecified atom stereocenters. The van der Waals surface area contributed by atoms with Crippen molar-refractivity contribution in [3.8, 4) is 0 Å². The van der Waals surface area contributed by atoms with E-state index in [2.05, 4.69) is 31.2 Å². The molecule has 0 saturated carbocycles. The molecule has 122 valence electrons. The van der Waals surface area contributed by atoms with E-state index < -0.39 is 0 Å². The number of aryl methyl sites for hydroxylation is 1. The van der Waals surface area contributed by atoms with Gasteiger partial charge in [0.15, 0.2) is 5.76 Å². The normalized spacial score (nSPS) is 20.5. The quantitative estimate of drug-likeness (QED) is 0.871. The number of amides is 1. The zero-order valence-corrected chi connectivity index (χ0v) is 13.7. The summed E-state index contributed by atoms with van der Waals surface area (Å²) in [6.07, 6.45) is 1.93. The van der Waals surface area contributed by atoms with Gasteiger partial charge in [0, 0.05) is 18.7 Å². The fourth-order valence-electron chi connectivity index (χ4n) is 3.16. The molecule has 0 N–H and O–H groups in total. The van der Waals surface area contributed by atoms with Gasteiger partial charge in [0.1, 0.15) is 6.04 Å². The summed E-state index contributed by atoms with van der Waals surface area (Å²) in [5.41, 5.74) is 3.37. The molecule has 0 aliphatic carbocycles. The third kappa shape index (κ3) is 2.81. The minimum absolute atomic E-state index is 0.104. The Balaban J connectivity index is 1.52. The maximum atomic E-state index is 12.8. The summed E-state index contributed by atoms with van der Waals surface area (Å²) in [7, 11) is 0. The Morgan fingerprint density at radius 2 is 1.79 bits per heavy atom. The Morgan fingerprint density at radius 3 is 2.54 bits per heavy atom. The monoisotopic (exact) mass is 320 g/mol. The first-order valence-corrected chi connectivity index (χ1v) is 8.27. The molecule has 4 rings (SSSR count). The molecule has 0 aromatic heterocycles. The van der Waals surface area contributed by atoms with E-state index in [0.717, 1.165) is 23.4 Å². The minimum atomic E-state index is -0.321. The highest BCUT2D eigenvalue weighted by Gasteiger charge is 2.39. The number of hydroxylamine groups is 2. The van der Waals surface area contributed by atoms with Crippen LogP contribution in [0.5, 0.6) is 0 Å². The molecule has 1 saturated heterocycles. The van der Waals surface area contributed by atoms with Crippen LogP contribution in [0.15, 0.2) is 60.7 Å². The molecule has 24 heavy (non-hydrogen) atoms. The Labute approximate surface area is 141 Å². The van der Waals surface area contributed by atoms with Gasteiger partial charge in [-0.1, -0.05) is 60.2 Å². The third-order valence-corrected chi connectivity index (χ3v) is 4.54. The number of hydrogen-bond acceptors (Lipinski definition) is 3. The highest BCUT2D eigenvalue weighted by molar-refractivity contribution is 5.87. The van der Waals surface area contributed by atoms with E-state index in [1.54, 1.807) is 5.06 Å². The van der Waals surface area contributed by atoms with Gasteiger partial charge < -0.3 is 9.74 Å². The van der Waals surface area contributed by atoms with Crippen molar-refractivity contribution in [1.29, 1.82) is 0 Å². The van der Waals surface area contributed by atoms with Crippen LogP contribution in [0.25, 0.3) is 5.76 Å². The van der Waals surface area contributed by atoms with E-state index >= 15 is 0 Å². The smallest absolute Gasteiger partial charge is 0.247 e. The van der Waals surface area contributed by atoms with Gasteiger partial charge >= 0.3 is 0 Å². The minimum Gasteiger partial charge on any atom is -0.404 e. The van der Waals surface area contributed by atoms with Gasteiger partial charge in [-0.05, 0) is 18.6 Å². The van der Waals surface area contributed by atoms with Crippen molar-refractivity contribution in [2.24, 2.45) is 0 Å². The molecule has 2 aromatic rings. The van der Waals surface area contributed by atoms with Crippen LogP contribution >= 0.6 is 0 Å². The average Bonchev–Trinajstić information content (AvgIpc) is 3.04. The predicted molar refractivity (Wildman–Crippen MR) is 92.6 cm³/mol. The van der Waals surface area contributed by atoms with Gasteiger partial charge in [0.25, 0.3) is 0 Å². The zero-order valence-electron chi connectivity index (χ0n) is 13.7. The van der Waals surface area contributed by atoms with Crippen molar-refractivity contribution < 1.29 is 9.63 Å². The fraction of sp³-hybridized carbons (Fsp3) is 0.250. The van der Waals surface area contributed by atoms with Crippen molar-refractivity contribution in [1.82, 2.24) is 9.96 Å². The molecule has 4 heteroatoms. The molecule has 2 heterocycles. The van der Waals surface area contributed by atoms with E-state index in [1.165, 1.54) is 5.56 Å². The molecule has 0 spiro atoms. The Hall–Kier alpha value is -2.59.